The van der Waals surface area contributed by atoms with Gasteiger partial charge in [-0.3, -0.25) is 14.4 Å². The summed E-state index contributed by atoms with van der Waals surface area (Å²) in [6, 6.07) is 0. The van der Waals surface area contributed by atoms with Crippen molar-refractivity contribution >= 4 is 23.9 Å². The zero-order valence-electron chi connectivity index (χ0n) is 49.1. The Bertz CT molecular complexity index is 1840. The van der Waals surface area contributed by atoms with E-state index >= 15 is 0 Å². The summed E-state index contributed by atoms with van der Waals surface area (Å²) in [5.74, 6) is -3.22. The Morgan fingerprint density at radius 2 is 0.797 bits per heavy atom. The van der Waals surface area contributed by atoms with Crippen LogP contribution < -0.4 is 0 Å². The largest absolute Gasteiger partial charge is 0.479 e. The van der Waals surface area contributed by atoms with Crippen molar-refractivity contribution in [1.82, 2.24) is 0 Å². The van der Waals surface area contributed by atoms with Crippen LogP contribution in [-0.4, -0.2) is 89.2 Å². The summed E-state index contributed by atoms with van der Waals surface area (Å²) in [7, 11) is 0. The average Bonchev–Trinajstić information content (AvgIpc) is 3.46. The Balaban J connectivity index is 2.73. The van der Waals surface area contributed by atoms with Gasteiger partial charge in [0.15, 0.2) is 24.6 Å². The normalized spacial score (nSPS) is 18.7. The van der Waals surface area contributed by atoms with Crippen molar-refractivity contribution in [3.05, 3.63) is 122 Å². The van der Waals surface area contributed by atoms with Gasteiger partial charge < -0.3 is 39.0 Å². The molecule has 1 fully saturated rings. The SMILES string of the molecule is CC/C=C\C/C=C\C/C=C\C/C=C\CCCCCCC(=O)OC(COC(=O)CCCCCCCC/C=C\C/C=C\C/C=C\CCCCC)COC1OC(C(=O)O)C(O)C(O)C1OC(=O)CCCCC/C=C\C/C=C\C/C=C\CC. The van der Waals surface area contributed by atoms with Gasteiger partial charge in [0.25, 0.3) is 0 Å². The molecule has 1 heterocycles. The molecule has 1 aliphatic heterocycles. The third-order valence-corrected chi connectivity index (χ3v) is 13.0. The van der Waals surface area contributed by atoms with Crippen LogP contribution >= 0.6 is 0 Å². The standard InChI is InChI=1S/C67H106O12/c1-4-7-10-13-16-19-22-25-27-29-30-32-33-36-38-41-44-47-50-53-59(68)75-56-58(77-60(69)54-51-48-45-42-40-37-34-31-28-26-23-20-17-14-11-8-5-2)57-76-67-65(63(72)62(71)64(79-67)66(73)74)78-61(70)55-52-49-46-43-39-35-24-21-18-15-12-9-6-3/h8-9,11-12,16-21,25-28,30,32,34-35,37,39,58,62-65,67,71-72H,4-7,10,13-15,22-24,29,31,33,36,38,40-57H2,1-3H3,(H,73,74)/b11-8-,12-9-,19-16-,20-17-,21-18-,27-25-,28-26-,32-30-,37-34-,39-35-. The molecule has 0 bridgehead atoms. The lowest BCUT2D eigenvalue weighted by molar-refractivity contribution is -0.301. The number of unbranched alkanes of at least 4 members (excludes halogenated alkanes) is 16. The Hall–Kier alpha value is -4.88. The molecule has 6 unspecified atom stereocenters. The van der Waals surface area contributed by atoms with E-state index in [1.54, 1.807) is 0 Å². The molecular formula is C67H106O12. The molecule has 0 aliphatic carbocycles. The second kappa shape index (κ2) is 53.7. The van der Waals surface area contributed by atoms with Gasteiger partial charge in [-0.25, -0.2) is 4.79 Å². The van der Waals surface area contributed by atoms with Gasteiger partial charge in [-0.2, -0.15) is 0 Å². The molecule has 0 aromatic rings. The molecule has 1 saturated heterocycles. The number of carboxylic acids is 1. The van der Waals surface area contributed by atoms with Crippen molar-refractivity contribution in [2.75, 3.05) is 13.2 Å². The molecule has 0 saturated carbocycles. The van der Waals surface area contributed by atoms with Gasteiger partial charge in [-0.1, -0.05) is 200 Å². The van der Waals surface area contributed by atoms with Crippen LogP contribution in [0.1, 0.15) is 226 Å². The fourth-order valence-electron chi connectivity index (χ4n) is 8.38. The summed E-state index contributed by atoms with van der Waals surface area (Å²) < 4.78 is 28.4. The molecule has 446 valence electrons. The molecule has 0 aromatic heterocycles. The van der Waals surface area contributed by atoms with Gasteiger partial charge in [0, 0.05) is 19.3 Å². The third-order valence-electron chi connectivity index (χ3n) is 13.0. The van der Waals surface area contributed by atoms with E-state index in [4.69, 9.17) is 23.7 Å². The summed E-state index contributed by atoms with van der Waals surface area (Å²) >= 11 is 0. The number of hydrogen-bond donors (Lipinski definition) is 3. The number of rotatable bonds is 50. The van der Waals surface area contributed by atoms with E-state index in [1.165, 1.54) is 25.7 Å². The van der Waals surface area contributed by atoms with E-state index in [9.17, 15) is 34.5 Å². The molecule has 3 N–H and O–H groups in total. The fourth-order valence-corrected chi connectivity index (χ4v) is 8.38. The molecule has 79 heavy (non-hydrogen) atoms. The molecule has 0 amide bonds. The van der Waals surface area contributed by atoms with Gasteiger partial charge in [0.2, 0.25) is 0 Å². The Kier molecular flexibility index (Phi) is 49.1. The van der Waals surface area contributed by atoms with Crippen LogP contribution in [0.25, 0.3) is 0 Å². The fraction of sp³-hybridized carbons (Fsp3) is 0.642. The van der Waals surface area contributed by atoms with Crippen LogP contribution in [-0.2, 0) is 42.9 Å². The maximum Gasteiger partial charge on any atom is 0.335 e. The lowest BCUT2D eigenvalue weighted by Crippen LogP contribution is -2.61. The topological polar surface area (TPSA) is 175 Å². The number of aliphatic hydroxyl groups excluding tert-OH is 2. The molecular weight excluding hydrogens is 997 g/mol. The average molecular weight is 1100 g/mol. The first-order chi connectivity index (χ1) is 38.6. The highest BCUT2D eigenvalue weighted by molar-refractivity contribution is 5.74. The van der Waals surface area contributed by atoms with Crippen LogP contribution in [0.4, 0.5) is 0 Å². The molecule has 0 spiro atoms. The molecule has 1 rings (SSSR count). The number of carbonyl (C=O) groups excluding carboxylic acids is 3. The number of ether oxygens (including phenoxy) is 5. The predicted molar refractivity (Wildman–Crippen MR) is 321 cm³/mol. The highest BCUT2D eigenvalue weighted by atomic mass is 16.7. The Labute approximate surface area is 478 Å². The van der Waals surface area contributed by atoms with Crippen molar-refractivity contribution in [2.45, 2.75) is 263 Å². The van der Waals surface area contributed by atoms with Crippen molar-refractivity contribution in [3.8, 4) is 0 Å². The minimum atomic E-state index is -1.93. The monoisotopic (exact) mass is 1100 g/mol. The van der Waals surface area contributed by atoms with E-state index in [2.05, 4.69) is 142 Å². The van der Waals surface area contributed by atoms with Gasteiger partial charge in [0.05, 0.1) is 6.61 Å². The second-order valence-electron chi connectivity index (χ2n) is 20.2. The van der Waals surface area contributed by atoms with Gasteiger partial charge in [-0.05, 0) is 128 Å². The minimum absolute atomic E-state index is 0.0145. The first kappa shape index (κ1) is 72.1. The van der Waals surface area contributed by atoms with Gasteiger partial charge in [0.1, 0.15) is 18.8 Å². The smallest absolute Gasteiger partial charge is 0.335 e. The second-order valence-corrected chi connectivity index (χ2v) is 20.2. The van der Waals surface area contributed by atoms with E-state index < -0.39 is 67.3 Å². The van der Waals surface area contributed by atoms with Crippen LogP contribution in [0.3, 0.4) is 0 Å². The number of esters is 3. The van der Waals surface area contributed by atoms with Crippen molar-refractivity contribution in [3.63, 3.8) is 0 Å². The van der Waals surface area contributed by atoms with Crippen LogP contribution in [0.2, 0.25) is 0 Å². The lowest BCUT2D eigenvalue weighted by atomic mass is 9.98. The highest BCUT2D eigenvalue weighted by Gasteiger charge is 2.50. The third kappa shape index (κ3) is 43.6. The number of carboxylic acid groups (broad SMARTS) is 1. The van der Waals surface area contributed by atoms with Gasteiger partial charge in [-0.15, -0.1) is 0 Å². The lowest BCUT2D eigenvalue weighted by Gasteiger charge is -2.40. The molecule has 12 nitrogen and oxygen atoms in total. The number of aliphatic hydroxyl groups is 2. The zero-order valence-corrected chi connectivity index (χ0v) is 49.1. The number of aliphatic carboxylic acids is 1. The van der Waals surface area contributed by atoms with Crippen molar-refractivity contribution < 1.29 is 58.2 Å². The minimum Gasteiger partial charge on any atom is -0.479 e. The Morgan fingerprint density at radius 1 is 0.430 bits per heavy atom. The predicted octanol–water partition coefficient (Wildman–Crippen LogP) is 16.0. The van der Waals surface area contributed by atoms with Gasteiger partial charge >= 0.3 is 23.9 Å². The molecule has 0 aromatic carbocycles. The zero-order chi connectivity index (χ0) is 57.5. The van der Waals surface area contributed by atoms with E-state index in [0.717, 1.165) is 141 Å². The first-order valence-corrected chi connectivity index (χ1v) is 30.5. The maximum absolute atomic E-state index is 13.2. The van der Waals surface area contributed by atoms with E-state index in [1.807, 2.05) is 0 Å². The van der Waals surface area contributed by atoms with Crippen LogP contribution in [0, 0.1) is 0 Å². The Morgan fingerprint density at radius 3 is 1.23 bits per heavy atom. The molecule has 12 heteroatoms. The molecule has 0 radical (unpaired) electrons. The quantitative estimate of drug-likeness (QED) is 0.0228. The van der Waals surface area contributed by atoms with E-state index in [0.29, 0.717) is 19.3 Å². The first-order valence-electron chi connectivity index (χ1n) is 30.5. The maximum atomic E-state index is 13.2. The van der Waals surface area contributed by atoms with Crippen LogP contribution in [0.15, 0.2) is 122 Å². The summed E-state index contributed by atoms with van der Waals surface area (Å²) in [4.78, 5) is 51.2. The van der Waals surface area contributed by atoms with Crippen molar-refractivity contribution in [2.24, 2.45) is 0 Å². The summed E-state index contributed by atoms with van der Waals surface area (Å²) in [5, 5.41) is 31.5. The van der Waals surface area contributed by atoms with E-state index in [-0.39, 0.29) is 25.9 Å². The number of hydrogen-bond acceptors (Lipinski definition) is 11. The molecule has 6 atom stereocenters. The van der Waals surface area contributed by atoms with Crippen LogP contribution in [0.5, 0.6) is 0 Å². The van der Waals surface area contributed by atoms with Crippen molar-refractivity contribution in [1.29, 1.82) is 0 Å². The summed E-state index contributed by atoms with van der Waals surface area (Å²) in [6.45, 7) is 5.68. The molecule has 1 aliphatic rings. The summed E-state index contributed by atoms with van der Waals surface area (Å²) in [5.41, 5.74) is 0. The highest BCUT2D eigenvalue weighted by Crippen LogP contribution is 2.26. The number of allylic oxidation sites excluding steroid dienone is 20. The summed E-state index contributed by atoms with van der Waals surface area (Å²) in [6.07, 6.45) is 61.6. The number of carbonyl (C=O) groups is 4.